The van der Waals surface area contributed by atoms with Crippen molar-refractivity contribution in [1.82, 2.24) is 5.32 Å². The van der Waals surface area contributed by atoms with E-state index >= 15 is 0 Å². The van der Waals surface area contributed by atoms with Crippen LogP contribution in [0.25, 0.3) is 0 Å². The summed E-state index contributed by atoms with van der Waals surface area (Å²) in [5, 5.41) is 239. The van der Waals surface area contributed by atoms with E-state index in [0.717, 1.165) is 23.5 Å². The first-order chi connectivity index (χ1) is 49.0. The third-order valence-electron chi connectivity index (χ3n) is 18.6. The normalized spacial score (nSPS) is 44.9. The zero-order valence-electron chi connectivity index (χ0n) is 55.5. The van der Waals surface area contributed by atoms with Crippen molar-refractivity contribution < 1.29 is 202 Å². The van der Waals surface area contributed by atoms with Crippen molar-refractivity contribution in [3.8, 4) is 0 Å². The molecule has 0 aromatic carbocycles. The number of carboxylic acid groups (broad SMARTS) is 2. The van der Waals surface area contributed by atoms with E-state index in [-0.39, 0.29) is 62.3 Å². The van der Waals surface area contributed by atoms with E-state index in [2.05, 4.69) is 5.32 Å². The molecule has 0 aliphatic carbocycles. The molecule has 21 aliphatic rings. The lowest BCUT2D eigenvalue weighted by molar-refractivity contribution is -0.395. The average molecular weight is 1540 g/mol. The van der Waals surface area contributed by atoms with E-state index in [1.54, 1.807) is 0 Å². The maximum Gasteiger partial charge on any atom is 0.321 e. The number of ketones is 2. The van der Waals surface area contributed by atoms with Gasteiger partial charge in [0.1, 0.15) is 176 Å². The topological polar surface area (TPSA) is 653 Å². The quantitative estimate of drug-likeness (QED) is 0.0340. The Balaban J connectivity index is 1.08. The molecule has 21 rings (SSSR count). The number of carbonyl (C=O) groups is 4. The van der Waals surface area contributed by atoms with Gasteiger partial charge in [0.05, 0.1) is 77.6 Å². The molecular formula is C59H97NO41S2. The Bertz CT molecular complexity index is 2610. The van der Waals surface area contributed by atoms with Crippen LogP contribution in [0, 0.1) is 5.92 Å². The molecule has 44 heteroatoms. The molecule has 103 heavy (non-hydrogen) atoms. The van der Waals surface area contributed by atoms with Crippen LogP contribution in [0.5, 0.6) is 0 Å². The fourth-order valence-electron chi connectivity index (χ4n) is 12.6. The number of nitrogens with one attached hydrogen (secondary N) is 1. The highest BCUT2D eigenvalue weighted by atomic mass is 32.2. The van der Waals surface area contributed by atoms with Crippen molar-refractivity contribution in [3.05, 3.63) is 0 Å². The molecule has 37 atom stereocenters. The number of carboxylic acids is 2. The van der Waals surface area contributed by atoms with Crippen molar-refractivity contribution in [3.63, 3.8) is 0 Å². The molecule has 22 N–H and O–H groups in total. The van der Waals surface area contributed by atoms with Crippen LogP contribution in [0.2, 0.25) is 0 Å². The van der Waals surface area contributed by atoms with Gasteiger partial charge in [-0.2, -0.15) is 23.5 Å². The maximum absolute atomic E-state index is 13.0. The Morgan fingerprint density at radius 2 is 0.602 bits per heavy atom. The lowest BCUT2D eigenvalue weighted by atomic mass is 9.95. The first-order valence-electron chi connectivity index (χ1n) is 33.2. The van der Waals surface area contributed by atoms with Crippen LogP contribution in [0.3, 0.4) is 0 Å². The van der Waals surface area contributed by atoms with Crippen molar-refractivity contribution >= 4 is 47.0 Å². The van der Waals surface area contributed by atoms with Crippen molar-refractivity contribution in [2.75, 3.05) is 89.5 Å². The number of Topliss-reactive ketones (excluding diaryl/α,β-unsaturated/α-hetero) is 2. The van der Waals surface area contributed by atoms with Gasteiger partial charge in [-0.3, -0.25) is 19.2 Å². The molecule has 0 aromatic heterocycles. The van der Waals surface area contributed by atoms with Crippen molar-refractivity contribution in [2.24, 2.45) is 5.92 Å². The molecule has 21 fully saturated rings. The standard InChI is InChI=1S/C59H97NO41S2/c1-19(66)3-5-86-7-8-87-6-4-21(67)9-20(51(82)83)15-102-17-28-49-35(73)42(80)58(93-28)98-47-26(13-64)89-55(38(76)31(47)69)97-46-25(12-63)92-57(41(79)34(46)72)101-50-29(18-103-16-22(60-2)52(84)85)94-59(43(81)36(50)74)99-48-27(14-65)90-54(39(77)32(48)70)95-44-23(10-61)88-53(37(75)30(44)68)96-45-24(11-62)91-56(100-49)40(78)33(45)71/h20,22-50,53-65,68-81H,3-18H2,1-2H3,(H,82,83)(H,84,85)/t20?,22-,23?,24?,25?,26?,27?,28?,29?,30-,31-,32-,33-,34-,35-,36-,37?,38?,39+,40?,41?,42?,43+,44-,45-,46-,47-,48-,49-,50-,53-,54?,55+,56+,57+,58+,59?/m1/s1. The summed E-state index contributed by atoms with van der Waals surface area (Å²) in [6.45, 7) is -3.91. The highest BCUT2D eigenvalue weighted by molar-refractivity contribution is 7.99. The number of rotatable bonds is 27. The van der Waals surface area contributed by atoms with Gasteiger partial charge >= 0.3 is 11.9 Å². The summed E-state index contributed by atoms with van der Waals surface area (Å²) >= 11 is 1.66. The number of hydrogen-bond donors (Lipinski definition) is 22. The number of hydrogen-bond acceptors (Lipinski definition) is 42. The van der Waals surface area contributed by atoms with Gasteiger partial charge in [0.25, 0.3) is 0 Å². The van der Waals surface area contributed by atoms with Crippen LogP contribution in [-0.4, -0.2) is 441 Å². The number of aliphatic hydroxyl groups is 19. The van der Waals surface area contributed by atoms with Crippen LogP contribution in [0.15, 0.2) is 0 Å². The van der Waals surface area contributed by atoms with E-state index in [0.29, 0.717) is 0 Å². The molecule has 0 radical (unpaired) electrons. The predicted molar refractivity (Wildman–Crippen MR) is 332 cm³/mol. The Hall–Kier alpha value is -2.46. The number of ether oxygens (including phenoxy) is 16. The second-order valence-corrected chi connectivity index (χ2v) is 27.9. The number of carbonyl (C=O) groups excluding carboxylic acids is 2. The SMILES string of the molecule is CN[C@H](CSCC1OC2O[C@@H]3C(CO)OC(O[C@@H]4C(CO)O[C@H](O[C@@H]5C(CO)O[C@@H](O[C@@H]6C(CSCC(CC(=O)CCOCCOCCC(C)=O)C(=O)O)O[C@@H](O[C@@H]7C(CO)O[C@@H](O[C@@H]8C(CO)O[C@@H](O[C@H]1[C@H](O)[C@@H]2O)C(O)[C@H]8O)C(O)[C@H]7O)C(O)[C@H]6O)C(O)[C@H]5O)C(O)[C@H]4O)[C@@H](O)[C@H]3O)C(=O)O. The number of thioether (sulfide) groups is 2. The van der Waals surface area contributed by atoms with Crippen LogP contribution >= 0.6 is 23.5 Å². The number of likely N-dealkylation sites (N-methyl/N-ethyl adjacent to an activating group) is 1. The third kappa shape index (κ3) is 21.0. The van der Waals surface area contributed by atoms with Gasteiger partial charge in [-0.1, -0.05) is 0 Å². The predicted octanol–water partition coefficient (Wildman–Crippen LogP) is -13.0. The summed E-state index contributed by atoms with van der Waals surface area (Å²) < 4.78 is 93.3. The fraction of sp³-hybridized carbons (Fsp3) is 0.932. The van der Waals surface area contributed by atoms with Crippen molar-refractivity contribution in [2.45, 2.75) is 247 Å². The van der Waals surface area contributed by atoms with Crippen LogP contribution in [0.4, 0.5) is 0 Å². The Labute approximate surface area is 595 Å². The Morgan fingerprint density at radius 1 is 0.350 bits per heavy atom. The smallest absolute Gasteiger partial charge is 0.321 e. The first-order valence-corrected chi connectivity index (χ1v) is 35.5. The van der Waals surface area contributed by atoms with Gasteiger partial charge in [-0.05, 0) is 14.0 Å². The third-order valence-corrected chi connectivity index (χ3v) is 20.9. The minimum Gasteiger partial charge on any atom is -0.481 e. The zero-order valence-corrected chi connectivity index (χ0v) is 57.2. The van der Waals surface area contributed by atoms with Gasteiger partial charge in [-0.15, -0.1) is 0 Å². The molecule has 42 nitrogen and oxygen atoms in total. The number of aliphatic carboxylic acids is 2. The Morgan fingerprint density at radius 3 is 0.845 bits per heavy atom. The second kappa shape index (κ2) is 40.0. The molecule has 0 amide bonds. The van der Waals surface area contributed by atoms with Crippen LogP contribution < -0.4 is 5.32 Å². The summed E-state index contributed by atoms with van der Waals surface area (Å²) in [5.74, 6) is -6.08. The van der Waals surface area contributed by atoms with Crippen LogP contribution in [-0.2, 0) is 95.0 Å². The van der Waals surface area contributed by atoms with E-state index < -0.39 is 290 Å². The molecule has 15 unspecified atom stereocenters. The van der Waals surface area contributed by atoms with Gasteiger partial charge in [0.15, 0.2) is 44.0 Å². The van der Waals surface area contributed by atoms with Crippen molar-refractivity contribution in [1.29, 1.82) is 0 Å². The van der Waals surface area contributed by atoms with E-state index in [9.17, 15) is 126 Å². The molecule has 596 valence electrons. The van der Waals surface area contributed by atoms with E-state index in [1.165, 1.54) is 14.0 Å². The monoisotopic (exact) mass is 1540 g/mol. The molecule has 21 aliphatic heterocycles. The highest BCUT2D eigenvalue weighted by Crippen LogP contribution is 2.40. The van der Waals surface area contributed by atoms with E-state index in [4.69, 9.17) is 75.8 Å². The molecule has 14 bridgehead atoms. The van der Waals surface area contributed by atoms with E-state index in [1.807, 2.05) is 0 Å². The fourth-order valence-corrected chi connectivity index (χ4v) is 15.0. The molecule has 21 heterocycles. The second-order valence-electron chi connectivity index (χ2n) is 25.7. The summed E-state index contributed by atoms with van der Waals surface area (Å²) in [6, 6.07) is -1.18. The van der Waals surface area contributed by atoms with Gasteiger partial charge in [0.2, 0.25) is 0 Å². The van der Waals surface area contributed by atoms with Gasteiger partial charge < -0.3 is 188 Å². The first kappa shape index (κ1) is 86.1. The number of aliphatic hydroxyl groups excluding tert-OH is 19. The zero-order chi connectivity index (χ0) is 75.4. The maximum atomic E-state index is 13.0. The summed E-state index contributed by atoms with van der Waals surface area (Å²) in [5.41, 5.74) is 0. The average Bonchev–Trinajstić information content (AvgIpc) is 0.785. The molecule has 0 aromatic rings. The largest absolute Gasteiger partial charge is 0.481 e. The minimum absolute atomic E-state index is 0.0645. The summed E-state index contributed by atoms with van der Waals surface area (Å²) in [7, 11) is 1.35. The molecular weight excluding hydrogens is 1440 g/mol. The van der Waals surface area contributed by atoms with Gasteiger partial charge in [0, 0.05) is 42.3 Å². The molecule has 21 saturated heterocycles. The lowest BCUT2D eigenvalue weighted by Crippen LogP contribution is -2.68. The highest BCUT2D eigenvalue weighted by Gasteiger charge is 2.60. The Kier molecular flexibility index (Phi) is 33.4. The minimum atomic E-state index is -2.31. The summed E-state index contributed by atoms with van der Waals surface area (Å²) in [4.78, 5) is 48.7. The van der Waals surface area contributed by atoms with Crippen LogP contribution in [0.1, 0.15) is 26.2 Å². The molecule has 0 spiro atoms. The summed E-state index contributed by atoms with van der Waals surface area (Å²) in [6.07, 6.45) is -73.1. The lowest BCUT2D eigenvalue weighted by Gasteiger charge is -2.50. The van der Waals surface area contributed by atoms with Gasteiger partial charge in [-0.25, -0.2) is 0 Å². The molecule has 0 saturated carbocycles.